The van der Waals surface area contributed by atoms with Crippen molar-refractivity contribution in [3.05, 3.63) is 52.4 Å². The molecule has 2 rings (SSSR count). The van der Waals surface area contributed by atoms with Crippen molar-refractivity contribution in [2.45, 2.75) is 0 Å². The summed E-state index contributed by atoms with van der Waals surface area (Å²) in [5.41, 5.74) is 0.370. The van der Waals surface area contributed by atoms with Gasteiger partial charge in [0.2, 0.25) is 10.0 Å². The lowest BCUT2D eigenvalue weighted by atomic mass is 10.3. The van der Waals surface area contributed by atoms with E-state index in [9.17, 15) is 13.2 Å². The fourth-order valence-electron chi connectivity index (χ4n) is 1.89. The topological polar surface area (TPSA) is 79.6 Å². The SMILES string of the molecule is CS(=O)(=O)N(CCNC(=O)c1ccco1)c1ccc(Cl)c(Cl)c1. The Kier molecular flexibility index (Phi) is 5.56. The predicted molar refractivity (Wildman–Crippen MR) is 89.7 cm³/mol. The van der Waals surface area contributed by atoms with Gasteiger partial charge in [-0.2, -0.15) is 0 Å². The summed E-state index contributed by atoms with van der Waals surface area (Å²) in [6.07, 6.45) is 2.46. The summed E-state index contributed by atoms with van der Waals surface area (Å²) in [5.74, 6) is -0.261. The first-order valence-electron chi connectivity index (χ1n) is 6.53. The number of benzene rings is 1. The van der Waals surface area contributed by atoms with Crippen LogP contribution in [0.4, 0.5) is 5.69 Å². The summed E-state index contributed by atoms with van der Waals surface area (Å²) in [7, 11) is -3.54. The number of furan rings is 1. The first-order chi connectivity index (χ1) is 10.8. The molecule has 0 radical (unpaired) electrons. The Bertz CT molecular complexity index is 791. The molecule has 1 heterocycles. The molecular weight excluding hydrogens is 363 g/mol. The minimum absolute atomic E-state index is 0.0449. The molecule has 0 atom stereocenters. The molecule has 0 saturated carbocycles. The average molecular weight is 377 g/mol. The minimum atomic E-state index is -3.54. The quantitative estimate of drug-likeness (QED) is 0.840. The van der Waals surface area contributed by atoms with Crippen molar-refractivity contribution in [2.75, 3.05) is 23.7 Å². The fourth-order valence-corrected chi connectivity index (χ4v) is 3.10. The number of sulfonamides is 1. The van der Waals surface area contributed by atoms with E-state index in [1.807, 2.05) is 0 Å². The van der Waals surface area contributed by atoms with Gasteiger partial charge in [-0.15, -0.1) is 0 Å². The Morgan fingerprint density at radius 1 is 1.26 bits per heavy atom. The minimum Gasteiger partial charge on any atom is -0.459 e. The second-order valence-electron chi connectivity index (χ2n) is 4.67. The molecule has 0 saturated heterocycles. The van der Waals surface area contributed by atoms with E-state index in [1.165, 1.54) is 24.5 Å². The zero-order valence-electron chi connectivity index (χ0n) is 12.1. The molecule has 6 nitrogen and oxygen atoms in total. The molecule has 0 aliphatic heterocycles. The highest BCUT2D eigenvalue weighted by atomic mass is 35.5. The molecule has 0 bridgehead atoms. The number of rotatable bonds is 6. The molecule has 9 heteroatoms. The summed E-state index contributed by atoms with van der Waals surface area (Å²) in [5, 5.41) is 3.16. The van der Waals surface area contributed by atoms with E-state index in [4.69, 9.17) is 27.6 Å². The maximum Gasteiger partial charge on any atom is 0.287 e. The number of halogens is 2. The summed E-state index contributed by atoms with van der Waals surface area (Å²) < 4.78 is 30.0. The number of carbonyl (C=O) groups excluding carboxylic acids is 1. The standard InChI is InChI=1S/C14H14Cl2N2O4S/c1-23(20,21)18(10-4-5-11(15)12(16)9-10)7-6-17-14(19)13-3-2-8-22-13/h2-5,8-9H,6-7H2,1H3,(H,17,19). The van der Waals surface area contributed by atoms with Crippen molar-refractivity contribution in [1.82, 2.24) is 5.32 Å². The second kappa shape index (κ2) is 7.25. The molecule has 1 amide bonds. The number of nitrogens with zero attached hydrogens (tertiary/aromatic N) is 1. The third kappa shape index (κ3) is 4.63. The van der Waals surface area contributed by atoms with Crippen LogP contribution in [-0.4, -0.2) is 33.7 Å². The Morgan fingerprint density at radius 2 is 2.00 bits per heavy atom. The van der Waals surface area contributed by atoms with E-state index in [1.54, 1.807) is 12.1 Å². The van der Waals surface area contributed by atoms with E-state index in [2.05, 4.69) is 5.32 Å². The molecular formula is C14H14Cl2N2O4S. The van der Waals surface area contributed by atoms with E-state index in [0.717, 1.165) is 10.6 Å². The highest BCUT2D eigenvalue weighted by molar-refractivity contribution is 7.92. The van der Waals surface area contributed by atoms with Gasteiger partial charge in [0.05, 0.1) is 34.8 Å². The zero-order valence-corrected chi connectivity index (χ0v) is 14.5. The van der Waals surface area contributed by atoms with Crippen LogP contribution < -0.4 is 9.62 Å². The maximum atomic E-state index is 12.0. The van der Waals surface area contributed by atoms with Gasteiger partial charge in [0.25, 0.3) is 5.91 Å². The van der Waals surface area contributed by atoms with Gasteiger partial charge in [-0.1, -0.05) is 23.2 Å². The van der Waals surface area contributed by atoms with E-state index in [-0.39, 0.29) is 23.9 Å². The summed E-state index contributed by atoms with van der Waals surface area (Å²) >= 11 is 11.8. The molecule has 0 aliphatic rings. The number of nitrogens with one attached hydrogen (secondary N) is 1. The molecule has 0 aliphatic carbocycles. The summed E-state index contributed by atoms with van der Waals surface area (Å²) in [6.45, 7) is 0.149. The van der Waals surface area contributed by atoms with Gasteiger partial charge in [0.1, 0.15) is 0 Å². The smallest absolute Gasteiger partial charge is 0.287 e. The first kappa shape index (κ1) is 17.7. The molecule has 0 fully saturated rings. The van der Waals surface area contributed by atoms with Crippen LogP contribution in [0, 0.1) is 0 Å². The summed E-state index contributed by atoms with van der Waals surface area (Å²) in [6, 6.07) is 7.62. The number of hydrogen-bond donors (Lipinski definition) is 1. The van der Waals surface area contributed by atoms with Crippen molar-refractivity contribution in [3.8, 4) is 0 Å². The van der Waals surface area contributed by atoms with Gasteiger partial charge in [-0.05, 0) is 30.3 Å². The van der Waals surface area contributed by atoms with Crippen LogP contribution in [0.25, 0.3) is 0 Å². The van der Waals surface area contributed by atoms with Gasteiger partial charge < -0.3 is 9.73 Å². The van der Waals surface area contributed by atoms with E-state index >= 15 is 0 Å². The van der Waals surface area contributed by atoms with Crippen molar-refractivity contribution >= 4 is 44.8 Å². The number of amides is 1. The number of anilines is 1. The molecule has 1 aromatic carbocycles. The molecule has 124 valence electrons. The van der Waals surface area contributed by atoms with Gasteiger partial charge in [0, 0.05) is 6.54 Å². The monoisotopic (exact) mass is 376 g/mol. The van der Waals surface area contributed by atoms with Crippen molar-refractivity contribution in [3.63, 3.8) is 0 Å². The van der Waals surface area contributed by atoms with Crippen LogP contribution in [-0.2, 0) is 10.0 Å². The van der Waals surface area contributed by atoms with Crippen LogP contribution in [0.1, 0.15) is 10.6 Å². The van der Waals surface area contributed by atoms with Crippen LogP contribution in [0.15, 0.2) is 41.0 Å². The van der Waals surface area contributed by atoms with Crippen LogP contribution >= 0.6 is 23.2 Å². The van der Waals surface area contributed by atoms with Crippen molar-refractivity contribution in [2.24, 2.45) is 0 Å². The van der Waals surface area contributed by atoms with Gasteiger partial charge >= 0.3 is 0 Å². The molecule has 23 heavy (non-hydrogen) atoms. The molecule has 1 N–H and O–H groups in total. The normalized spacial score (nSPS) is 11.3. The Labute approximate surface area is 144 Å². The molecule has 1 aromatic heterocycles. The van der Waals surface area contributed by atoms with Crippen LogP contribution in [0.3, 0.4) is 0 Å². The van der Waals surface area contributed by atoms with E-state index in [0.29, 0.717) is 10.7 Å². The average Bonchev–Trinajstić information content (AvgIpc) is 2.99. The zero-order chi connectivity index (χ0) is 17.0. The Hall–Kier alpha value is -1.70. The lowest BCUT2D eigenvalue weighted by Crippen LogP contribution is -2.38. The van der Waals surface area contributed by atoms with Gasteiger partial charge in [0.15, 0.2) is 5.76 Å². The highest BCUT2D eigenvalue weighted by Crippen LogP contribution is 2.28. The number of carbonyl (C=O) groups is 1. The van der Waals surface area contributed by atoms with Gasteiger partial charge in [-0.25, -0.2) is 8.42 Å². The Morgan fingerprint density at radius 3 is 2.57 bits per heavy atom. The lowest BCUT2D eigenvalue weighted by Gasteiger charge is -2.22. The fraction of sp³-hybridized carbons (Fsp3) is 0.214. The third-order valence-corrected chi connectivity index (χ3v) is 4.87. The predicted octanol–water partition coefficient (Wildman–Crippen LogP) is 2.78. The molecule has 2 aromatic rings. The third-order valence-electron chi connectivity index (χ3n) is 2.94. The van der Waals surface area contributed by atoms with Crippen LogP contribution in [0.2, 0.25) is 10.0 Å². The molecule has 0 spiro atoms. The highest BCUT2D eigenvalue weighted by Gasteiger charge is 2.18. The maximum absolute atomic E-state index is 12.0. The largest absolute Gasteiger partial charge is 0.459 e. The Balaban J connectivity index is 2.08. The lowest BCUT2D eigenvalue weighted by molar-refractivity contribution is 0.0927. The van der Waals surface area contributed by atoms with E-state index < -0.39 is 15.9 Å². The van der Waals surface area contributed by atoms with Gasteiger partial charge in [-0.3, -0.25) is 9.10 Å². The second-order valence-corrected chi connectivity index (χ2v) is 7.39. The van der Waals surface area contributed by atoms with Crippen LogP contribution in [0.5, 0.6) is 0 Å². The summed E-state index contributed by atoms with van der Waals surface area (Å²) in [4.78, 5) is 11.8. The first-order valence-corrected chi connectivity index (χ1v) is 9.14. The number of hydrogen-bond acceptors (Lipinski definition) is 4. The molecule has 0 unspecified atom stereocenters. The van der Waals surface area contributed by atoms with Crippen molar-refractivity contribution in [1.29, 1.82) is 0 Å². The van der Waals surface area contributed by atoms with Crippen molar-refractivity contribution < 1.29 is 17.6 Å².